The van der Waals surface area contributed by atoms with E-state index in [9.17, 15) is 14.7 Å². The summed E-state index contributed by atoms with van der Waals surface area (Å²) in [5.41, 5.74) is 0. The van der Waals surface area contributed by atoms with Crippen LogP contribution in [-0.2, 0) is 16.1 Å². The van der Waals surface area contributed by atoms with Crippen molar-refractivity contribution in [2.45, 2.75) is 52.0 Å². The number of carboxylic acid groups (broad SMARTS) is 2. The molecule has 0 aromatic carbocycles. The minimum atomic E-state index is -1.12. The van der Waals surface area contributed by atoms with E-state index >= 15 is 0 Å². The molecule has 0 fully saturated rings. The number of aryl methyl sites for hydroxylation is 1. The monoisotopic (exact) mass is 270 g/mol. The molecule has 0 bridgehead atoms. The van der Waals surface area contributed by atoms with Gasteiger partial charge in [-0.1, -0.05) is 13.3 Å². The second-order valence-electron chi connectivity index (χ2n) is 4.18. The molecule has 6 nitrogen and oxygen atoms in total. The Morgan fingerprint density at radius 1 is 1.26 bits per heavy atom. The molecule has 1 heterocycles. The van der Waals surface area contributed by atoms with Crippen LogP contribution in [0, 0.1) is 0 Å². The average molecular weight is 270 g/mol. The molecule has 1 aromatic rings. The lowest BCUT2D eigenvalue weighted by molar-refractivity contribution is -0.696. The molecule has 2 N–H and O–H groups in total. The van der Waals surface area contributed by atoms with E-state index in [0.717, 1.165) is 6.54 Å². The van der Waals surface area contributed by atoms with Crippen LogP contribution in [0.5, 0.6) is 0 Å². The zero-order valence-corrected chi connectivity index (χ0v) is 11.3. The number of nitrogens with zero attached hydrogens (tertiary/aromatic N) is 1. The Labute approximate surface area is 113 Å². The van der Waals surface area contributed by atoms with E-state index in [1.54, 1.807) is 0 Å². The highest BCUT2D eigenvalue weighted by Gasteiger charge is 1.95. The minimum absolute atomic E-state index is 0.0350. The topological polar surface area (TPSA) is 97.1 Å². The molecule has 108 valence electrons. The lowest BCUT2D eigenvalue weighted by atomic mass is 10.2. The highest BCUT2D eigenvalue weighted by atomic mass is 16.4. The highest BCUT2D eigenvalue weighted by Crippen LogP contribution is 1.97. The third kappa shape index (κ3) is 12.4. The van der Waals surface area contributed by atoms with Gasteiger partial charge in [-0.05, 0) is 25.7 Å². The molecule has 0 aliphatic carbocycles. The van der Waals surface area contributed by atoms with Gasteiger partial charge < -0.3 is 15.0 Å². The zero-order chi connectivity index (χ0) is 14.5. The van der Waals surface area contributed by atoms with Crippen LogP contribution in [0.3, 0.4) is 0 Å². The molecular weight excluding hydrogens is 248 g/mol. The largest absolute Gasteiger partial charge is 0.550 e. The quantitative estimate of drug-likeness (QED) is 0.530. The first-order valence-electron chi connectivity index (χ1n) is 6.49. The molecule has 0 aliphatic heterocycles. The number of hydrogen-bond donors (Lipinski definition) is 2. The van der Waals surface area contributed by atoms with Gasteiger partial charge in [-0.3, -0.25) is 9.78 Å². The second kappa shape index (κ2) is 11.3. The van der Waals surface area contributed by atoms with Crippen molar-refractivity contribution in [2.24, 2.45) is 0 Å². The van der Waals surface area contributed by atoms with Crippen LogP contribution in [0.2, 0.25) is 0 Å². The molecule has 1 aromatic heterocycles. The molecular formula is C13H22N2O4. The van der Waals surface area contributed by atoms with Gasteiger partial charge in [-0.2, -0.15) is 0 Å². The third-order valence-corrected chi connectivity index (χ3v) is 2.39. The number of carbonyl (C=O) groups is 2. The van der Waals surface area contributed by atoms with Crippen molar-refractivity contribution in [3.05, 3.63) is 18.7 Å². The fourth-order valence-electron chi connectivity index (χ4n) is 1.35. The van der Waals surface area contributed by atoms with E-state index in [0.29, 0.717) is 12.8 Å². The Morgan fingerprint density at radius 2 is 1.95 bits per heavy atom. The first-order valence-corrected chi connectivity index (χ1v) is 6.49. The van der Waals surface area contributed by atoms with Crippen LogP contribution in [0.25, 0.3) is 0 Å². The smallest absolute Gasteiger partial charge is 0.303 e. The zero-order valence-electron chi connectivity index (χ0n) is 11.3. The number of aliphatic carboxylic acids is 2. The van der Waals surface area contributed by atoms with E-state index in [1.165, 1.54) is 12.8 Å². The number of carboxylic acids is 2. The Hall–Kier alpha value is -1.85. The number of hydrogen-bond acceptors (Lipinski definition) is 3. The fraction of sp³-hybridized carbons (Fsp3) is 0.615. The Morgan fingerprint density at radius 3 is 2.42 bits per heavy atom. The van der Waals surface area contributed by atoms with Gasteiger partial charge in [0.1, 0.15) is 12.4 Å². The molecule has 0 spiro atoms. The van der Waals surface area contributed by atoms with Crippen LogP contribution >= 0.6 is 0 Å². The number of H-pyrrole nitrogens is 1. The van der Waals surface area contributed by atoms with Crippen LogP contribution < -0.4 is 9.67 Å². The maximum atomic E-state index is 9.88. The molecule has 0 atom stereocenters. The van der Waals surface area contributed by atoms with E-state index in [-0.39, 0.29) is 12.8 Å². The van der Waals surface area contributed by atoms with Gasteiger partial charge in [0.05, 0.1) is 6.54 Å². The van der Waals surface area contributed by atoms with Crippen molar-refractivity contribution in [2.75, 3.05) is 0 Å². The Balaban J connectivity index is 0.000000342. The summed E-state index contributed by atoms with van der Waals surface area (Å²) in [6, 6.07) is 0. The first-order chi connectivity index (χ1) is 9.06. The Kier molecular flexibility index (Phi) is 10.2. The van der Waals surface area contributed by atoms with E-state index < -0.39 is 11.9 Å². The number of rotatable bonds is 8. The number of aromatic nitrogens is 2. The van der Waals surface area contributed by atoms with Gasteiger partial charge in [0.15, 0.2) is 0 Å². The summed E-state index contributed by atoms with van der Waals surface area (Å²) in [5, 5.41) is 17.9. The van der Waals surface area contributed by atoms with Crippen LogP contribution in [-0.4, -0.2) is 22.0 Å². The molecule has 0 unspecified atom stereocenters. The predicted octanol–water partition coefficient (Wildman–Crippen LogP) is 0.484. The van der Waals surface area contributed by atoms with Gasteiger partial charge in [0, 0.05) is 12.4 Å². The number of nitrogens with one attached hydrogen (secondary N) is 1. The van der Waals surface area contributed by atoms with E-state index in [2.05, 4.69) is 22.7 Å². The number of imidazole rings is 1. The van der Waals surface area contributed by atoms with Gasteiger partial charge in [0.25, 0.3) is 0 Å². The molecule has 19 heavy (non-hydrogen) atoms. The van der Waals surface area contributed by atoms with Crippen LogP contribution in [0.4, 0.5) is 0 Å². The number of unbranched alkanes of at least 4 members (excludes halogenated alkanes) is 2. The predicted molar refractivity (Wildman–Crippen MR) is 67.0 cm³/mol. The molecule has 0 aliphatic rings. The van der Waals surface area contributed by atoms with E-state index in [4.69, 9.17) is 5.11 Å². The van der Waals surface area contributed by atoms with Crippen molar-refractivity contribution >= 4 is 11.9 Å². The highest BCUT2D eigenvalue weighted by molar-refractivity contribution is 5.67. The fourth-order valence-corrected chi connectivity index (χ4v) is 1.35. The Bertz CT molecular complexity index is 334. The van der Waals surface area contributed by atoms with Crippen molar-refractivity contribution in [3.8, 4) is 0 Å². The molecule has 0 saturated carbocycles. The second-order valence-corrected chi connectivity index (χ2v) is 4.18. The molecule has 0 radical (unpaired) electrons. The minimum Gasteiger partial charge on any atom is -0.550 e. The summed E-state index contributed by atoms with van der Waals surface area (Å²) in [6.45, 7) is 3.34. The lowest BCUT2D eigenvalue weighted by Crippen LogP contribution is -2.29. The van der Waals surface area contributed by atoms with Crippen molar-refractivity contribution in [1.82, 2.24) is 4.98 Å². The van der Waals surface area contributed by atoms with Gasteiger partial charge >= 0.3 is 5.97 Å². The average Bonchev–Trinajstić information content (AvgIpc) is 2.85. The van der Waals surface area contributed by atoms with Gasteiger partial charge in [-0.15, -0.1) is 0 Å². The normalized spacial score (nSPS) is 9.53. The molecule has 0 saturated heterocycles. The first kappa shape index (κ1) is 17.2. The van der Waals surface area contributed by atoms with Crippen molar-refractivity contribution in [1.29, 1.82) is 0 Å². The van der Waals surface area contributed by atoms with E-state index in [1.807, 2.05) is 12.5 Å². The number of carbonyl (C=O) groups excluding carboxylic acids is 1. The summed E-state index contributed by atoms with van der Waals surface area (Å²) in [7, 11) is 0. The van der Waals surface area contributed by atoms with Crippen molar-refractivity contribution < 1.29 is 24.4 Å². The van der Waals surface area contributed by atoms with Gasteiger partial charge in [-0.25, -0.2) is 4.57 Å². The number of aromatic amines is 1. The SMILES string of the molecule is CCCC[n+]1cc[nH]c1.O=C([O-])CCCCC(=O)O. The molecule has 1 rings (SSSR count). The van der Waals surface area contributed by atoms with Crippen molar-refractivity contribution in [3.63, 3.8) is 0 Å². The maximum absolute atomic E-state index is 9.88. The van der Waals surface area contributed by atoms with Crippen LogP contribution in [0.15, 0.2) is 18.7 Å². The maximum Gasteiger partial charge on any atom is 0.303 e. The van der Waals surface area contributed by atoms with Crippen LogP contribution in [0.1, 0.15) is 45.4 Å². The molecule has 0 amide bonds. The van der Waals surface area contributed by atoms with Gasteiger partial charge in [0.2, 0.25) is 6.33 Å². The molecule has 6 heteroatoms. The summed E-state index contributed by atoms with van der Waals surface area (Å²) in [6.07, 6.45) is 9.28. The summed E-state index contributed by atoms with van der Waals surface area (Å²) < 4.78 is 2.16. The lowest BCUT2D eigenvalue weighted by Gasteiger charge is -1.98. The standard InChI is InChI=1S/C7H12N2.C6H10O4/c1-2-3-5-9-6-4-8-7-9;7-5(8)3-1-2-4-6(9)10/h4,6-7H,2-3,5H2,1H3;1-4H2,(H,7,8)(H,9,10). The summed E-state index contributed by atoms with van der Waals surface area (Å²) in [4.78, 5) is 22.7. The third-order valence-electron chi connectivity index (χ3n) is 2.39. The summed E-state index contributed by atoms with van der Waals surface area (Å²) >= 11 is 0. The summed E-state index contributed by atoms with van der Waals surface area (Å²) in [5.74, 6) is -2.01.